The number of anilines is 2. The molecule has 5 nitrogen and oxygen atoms in total. The zero-order valence-electron chi connectivity index (χ0n) is 14.8. The van der Waals surface area contributed by atoms with Gasteiger partial charge in [0.2, 0.25) is 5.91 Å². The van der Waals surface area contributed by atoms with Crippen molar-refractivity contribution >= 4 is 46.4 Å². The Hall–Kier alpha value is -2.24. The van der Waals surface area contributed by atoms with E-state index in [4.69, 9.17) is 23.2 Å². The molecule has 0 aromatic heterocycles. The highest BCUT2D eigenvalue weighted by Gasteiger charge is 2.17. The van der Waals surface area contributed by atoms with Crippen LogP contribution in [-0.2, 0) is 4.79 Å². The van der Waals surface area contributed by atoms with Crippen molar-refractivity contribution in [2.75, 3.05) is 30.3 Å². The fourth-order valence-corrected chi connectivity index (χ4v) is 3.27. The second-order valence-electron chi connectivity index (χ2n) is 6.46. The number of nitrogens with one attached hydrogen (secondary N) is 2. The maximum Gasteiger partial charge on any atom is 0.253 e. The standard InChI is InChI=1S/C20H21Cl2N3O2/c21-17-9-8-16(12-18(17)22)24-19(26)13-23-15-6-4-14(5-7-15)20(27)25-10-2-1-3-11-25/h4-9,12,23H,1-3,10-11,13H2,(H,24,26). The molecular formula is C20H21Cl2N3O2. The Kier molecular flexibility index (Phi) is 6.58. The molecule has 1 heterocycles. The Balaban J connectivity index is 1.51. The number of nitrogens with zero attached hydrogens (tertiary/aromatic N) is 1. The van der Waals surface area contributed by atoms with Crippen molar-refractivity contribution in [3.63, 3.8) is 0 Å². The lowest BCUT2D eigenvalue weighted by molar-refractivity contribution is -0.114. The molecular weight excluding hydrogens is 385 g/mol. The van der Waals surface area contributed by atoms with Crippen molar-refractivity contribution in [2.45, 2.75) is 19.3 Å². The average molecular weight is 406 g/mol. The third kappa shape index (κ3) is 5.37. The summed E-state index contributed by atoms with van der Waals surface area (Å²) in [4.78, 5) is 26.4. The molecule has 2 aromatic carbocycles. The molecule has 0 unspecified atom stereocenters. The highest BCUT2D eigenvalue weighted by Crippen LogP contribution is 2.25. The maximum atomic E-state index is 12.5. The zero-order valence-corrected chi connectivity index (χ0v) is 16.3. The number of amides is 2. The molecule has 0 spiro atoms. The van der Waals surface area contributed by atoms with E-state index in [1.165, 1.54) is 6.42 Å². The number of carbonyl (C=O) groups excluding carboxylic acids is 2. The molecule has 1 aliphatic heterocycles. The predicted molar refractivity (Wildman–Crippen MR) is 110 cm³/mol. The zero-order chi connectivity index (χ0) is 19.2. The van der Waals surface area contributed by atoms with Crippen LogP contribution >= 0.6 is 23.2 Å². The molecule has 0 bridgehead atoms. The van der Waals surface area contributed by atoms with Gasteiger partial charge in [-0.05, 0) is 61.7 Å². The van der Waals surface area contributed by atoms with Crippen molar-refractivity contribution in [3.8, 4) is 0 Å². The lowest BCUT2D eigenvalue weighted by Crippen LogP contribution is -2.35. The SMILES string of the molecule is O=C(CNc1ccc(C(=O)N2CCCCC2)cc1)Nc1ccc(Cl)c(Cl)c1. The first kappa shape index (κ1) is 19.5. The summed E-state index contributed by atoms with van der Waals surface area (Å²) in [5, 5.41) is 6.61. The molecule has 2 N–H and O–H groups in total. The van der Waals surface area contributed by atoms with Gasteiger partial charge in [0.05, 0.1) is 16.6 Å². The highest BCUT2D eigenvalue weighted by atomic mass is 35.5. The molecule has 7 heteroatoms. The van der Waals surface area contributed by atoms with Gasteiger partial charge in [0, 0.05) is 30.0 Å². The molecule has 142 valence electrons. The van der Waals surface area contributed by atoms with E-state index in [-0.39, 0.29) is 18.4 Å². The Morgan fingerprint density at radius 2 is 1.56 bits per heavy atom. The van der Waals surface area contributed by atoms with Crippen molar-refractivity contribution in [3.05, 3.63) is 58.1 Å². The first-order chi connectivity index (χ1) is 13.0. The number of hydrogen-bond acceptors (Lipinski definition) is 3. The molecule has 3 rings (SSSR count). The minimum absolute atomic E-state index is 0.0682. The minimum Gasteiger partial charge on any atom is -0.376 e. The smallest absolute Gasteiger partial charge is 0.253 e. The summed E-state index contributed by atoms with van der Waals surface area (Å²) in [6.07, 6.45) is 3.33. The predicted octanol–water partition coefficient (Wildman–Crippen LogP) is 4.67. The first-order valence-corrected chi connectivity index (χ1v) is 9.66. The topological polar surface area (TPSA) is 61.4 Å². The van der Waals surface area contributed by atoms with Crippen molar-refractivity contribution in [1.82, 2.24) is 4.90 Å². The number of piperidine rings is 1. The number of rotatable bonds is 5. The molecule has 1 aliphatic rings. The van der Waals surface area contributed by atoms with Gasteiger partial charge in [-0.25, -0.2) is 0 Å². The summed E-state index contributed by atoms with van der Waals surface area (Å²) in [7, 11) is 0. The number of likely N-dealkylation sites (tertiary alicyclic amines) is 1. The van der Waals surface area contributed by atoms with Gasteiger partial charge in [-0.15, -0.1) is 0 Å². The van der Waals surface area contributed by atoms with E-state index in [0.717, 1.165) is 31.6 Å². The molecule has 0 aliphatic carbocycles. The van der Waals surface area contributed by atoms with Gasteiger partial charge < -0.3 is 15.5 Å². The van der Waals surface area contributed by atoms with Crippen LogP contribution in [-0.4, -0.2) is 36.3 Å². The van der Waals surface area contributed by atoms with E-state index in [1.54, 1.807) is 30.3 Å². The Labute approximate surface area is 168 Å². The van der Waals surface area contributed by atoms with Crippen LogP contribution in [0, 0.1) is 0 Å². The Bertz CT molecular complexity index is 818. The molecule has 2 amide bonds. The van der Waals surface area contributed by atoms with E-state index >= 15 is 0 Å². The molecule has 0 atom stereocenters. The number of benzene rings is 2. The van der Waals surface area contributed by atoms with Gasteiger partial charge in [-0.3, -0.25) is 9.59 Å². The van der Waals surface area contributed by atoms with Crippen LogP contribution in [0.1, 0.15) is 29.6 Å². The first-order valence-electron chi connectivity index (χ1n) is 8.91. The van der Waals surface area contributed by atoms with Crippen LogP contribution in [0.3, 0.4) is 0 Å². The lowest BCUT2D eigenvalue weighted by Gasteiger charge is -2.26. The molecule has 0 radical (unpaired) electrons. The summed E-state index contributed by atoms with van der Waals surface area (Å²) in [5.41, 5.74) is 2.02. The Morgan fingerprint density at radius 1 is 0.889 bits per heavy atom. The maximum absolute atomic E-state index is 12.5. The van der Waals surface area contributed by atoms with E-state index in [2.05, 4.69) is 10.6 Å². The summed E-state index contributed by atoms with van der Waals surface area (Å²) in [6.45, 7) is 1.75. The van der Waals surface area contributed by atoms with Gasteiger partial charge in [0.15, 0.2) is 0 Å². The van der Waals surface area contributed by atoms with Gasteiger partial charge in [-0.1, -0.05) is 23.2 Å². The van der Waals surface area contributed by atoms with E-state index in [1.807, 2.05) is 17.0 Å². The molecule has 27 heavy (non-hydrogen) atoms. The highest BCUT2D eigenvalue weighted by molar-refractivity contribution is 6.42. The minimum atomic E-state index is -0.207. The second kappa shape index (κ2) is 9.11. The van der Waals surface area contributed by atoms with Crippen molar-refractivity contribution in [1.29, 1.82) is 0 Å². The monoisotopic (exact) mass is 405 g/mol. The largest absolute Gasteiger partial charge is 0.376 e. The normalized spacial score (nSPS) is 13.9. The third-order valence-electron chi connectivity index (χ3n) is 4.43. The van der Waals surface area contributed by atoms with E-state index in [0.29, 0.717) is 21.3 Å². The average Bonchev–Trinajstić information content (AvgIpc) is 2.70. The van der Waals surface area contributed by atoms with Crippen LogP contribution in [0.15, 0.2) is 42.5 Å². The second-order valence-corrected chi connectivity index (χ2v) is 7.28. The molecule has 0 saturated carbocycles. The molecule has 2 aromatic rings. The van der Waals surface area contributed by atoms with E-state index < -0.39 is 0 Å². The van der Waals surface area contributed by atoms with Crippen LogP contribution < -0.4 is 10.6 Å². The fraction of sp³-hybridized carbons (Fsp3) is 0.300. The summed E-state index contributed by atoms with van der Waals surface area (Å²) < 4.78 is 0. The van der Waals surface area contributed by atoms with Gasteiger partial charge >= 0.3 is 0 Å². The van der Waals surface area contributed by atoms with Crippen LogP contribution in [0.4, 0.5) is 11.4 Å². The summed E-state index contributed by atoms with van der Waals surface area (Å²) in [6, 6.07) is 12.1. The lowest BCUT2D eigenvalue weighted by atomic mass is 10.1. The number of halogens is 2. The van der Waals surface area contributed by atoms with Gasteiger partial charge in [-0.2, -0.15) is 0 Å². The van der Waals surface area contributed by atoms with Crippen molar-refractivity contribution in [2.24, 2.45) is 0 Å². The fourth-order valence-electron chi connectivity index (χ4n) is 2.97. The van der Waals surface area contributed by atoms with Gasteiger partial charge in [0.1, 0.15) is 0 Å². The van der Waals surface area contributed by atoms with Crippen LogP contribution in [0.2, 0.25) is 10.0 Å². The molecule has 1 fully saturated rings. The number of hydrogen-bond donors (Lipinski definition) is 2. The summed E-state index contributed by atoms with van der Waals surface area (Å²) in [5.74, 6) is -0.138. The third-order valence-corrected chi connectivity index (χ3v) is 5.17. The quantitative estimate of drug-likeness (QED) is 0.759. The van der Waals surface area contributed by atoms with Crippen LogP contribution in [0.5, 0.6) is 0 Å². The number of carbonyl (C=O) groups is 2. The van der Waals surface area contributed by atoms with Gasteiger partial charge in [0.25, 0.3) is 5.91 Å². The van der Waals surface area contributed by atoms with Crippen LogP contribution in [0.25, 0.3) is 0 Å². The van der Waals surface area contributed by atoms with E-state index in [9.17, 15) is 9.59 Å². The summed E-state index contributed by atoms with van der Waals surface area (Å²) >= 11 is 11.8. The van der Waals surface area contributed by atoms with Crippen molar-refractivity contribution < 1.29 is 9.59 Å². The molecule has 1 saturated heterocycles. The Morgan fingerprint density at radius 3 is 2.22 bits per heavy atom.